The second-order valence-corrected chi connectivity index (χ2v) is 5.06. The van der Waals surface area contributed by atoms with Crippen LogP contribution in [0.25, 0.3) is 0 Å². The van der Waals surface area contributed by atoms with E-state index in [4.69, 9.17) is 0 Å². The van der Waals surface area contributed by atoms with Crippen molar-refractivity contribution < 1.29 is 19.5 Å². The number of imide groups is 1. The second kappa shape index (κ2) is 6.49. The topological polar surface area (TPSA) is 86.7 Å². The van der Waals surface area contributed by atoms with Crippen LogP contribution in [-0.4, -0.2) is 40.3 Å². The minimum absolute atomic E-state index is 0.0994. The molecule has 2 N–H and O–H groups in total. The Morgan fingerprint density at radius 3 is 2.67 bits per heavy atom. The first kappa shape index (κ1) is 15.2. The van der Waals surface area contributed by atoms with Crippen LogP contribution >= 0.6 is 0 Å². The van der Waals surface area contributed by atoms with E-state index in [0.29, 0.717) is 12.0 Å². The molecule has 0 saturated carbocycles. The van der Waals surface area contributed by atoms with Crippen LogP contribution in [0.5, 0.6) is 0 Å². The Hall–Kier alpha value is -2.21. The number of aliphatic hydroxyl groups is 1. The number of hydrogen-bond acceptors (Lipinski definition) is 4. The van der Waals surface area contributed by atoms with Gasteiger partial charge in [-0.15, -0.1) is 0 Å². The van der Waals surface area contributed by atoms with E-state index in [0.717, 1.165) is 4.90 Å². The van der Waals surface area contributed by atoms with Gasteiger partial charge in [0.05, 0.1) is 12.6 Å². The Morgan fingerprint density at radius 1 is 1.38 bits per heavy atom. The molecule has 1 aliphatic heterocycles. The summed E-state index contributed by atoms with van der Waals surface area (Å²) >= 11 is 0. The SMILES string of the molecule is CC(=O)N[C@H]1CCC(=O)N(C[C@@H](O)c2ccccc2)C1=O. The molecule has 2 rings (SSSR count). The minimum atomic E-state index is -0.935. The van der Waals surface area contributed by atoms with Gasteiger partial charge in [-0.2, -0.15) is 0 Å². The average molecular weight is 290 g/mol. The van der Waals surface area contributed by atoms with Crippen molar-refractivity contribution in [2.75, 3.05) is 6.54 Å². The molecule has 1 aromatic rings. The van der Waals surface area contributed by atoms with Gasteiger partial charge in [0.15, 0.2) is 0 Å². The summed E-state index contributed by atoms with van der Waals surface area (Å²) in [6.07, 6.45) is -0.455. The van der Waals surface area contributed by atoms with Crippen molar-refractivity contribution in [3.8, 4) is 0 Å². The normalized spacial score (nSPS) is 20.3. The number of aliphatic hydroxyl groups excluding tert-OH is 1. The van der Waals surface area contributed by atoms with Crippen molar-refractivity contribution in [1.82, 2.24) is 10.2 Å². The molecule has 6 heteroatoms. The lowest BCUT2D eigenvalue weighted by Gasteiger charge is -2.32. The van der Waals surface area contributed by atoms with Crippen molar-refractivity contribution in [3.63, 3.8) is 0 Å². The Bertz CT molecular complexity index is 544. The number of benzene rings is 1. The number of amides is 3. The van der Waals surface area contributed by atoms with Crippen molar-refractivity contribution >= 4 is 17.7 Å². The molecule has 0 aromatic heterocycles. The molecule has 1 fully saturated rings. The predicted molar refractivity (Wildman–Crippen MR) is 75.0 cm³/mol. The average Bonchev–Trinajstić information content (AvgIpc) is 2.47. The molecule has 1 saturated heterocycles. The Kier molecular flexibility index (Phi) is 4.70. The highest BCUT2D eigenvalue weighted by molar-refractivity contribution is 6.01. The summed E-state index contributed by atoms with van der Waals surface area (Å²) in [6.45, 7) is 1.23. The van der Waals surface area contributed by atoms with Gasteiger partial charge in [-0.05, 0) is 12.0 Å². The Labute approximate surface area is 122 Å². The fourth-order valence-corrected chi connectivity index (χ4v) is 2.36. The standard InChI is InChI=1S/C15H18N2O4/c1-10(18)16-12-7-8-14(20)17(15(12)21)9-13(19)11-5-3-2-4-6-11/h2-6,12-13,19H,7-9H2,1H3,(H,16,18)/t12-,13+/m0/s1. The predicted octanol–water partition coefficient (Wildman–Crippen LogP) is 0.374. The molecule has 0 bridgehead atoms. The fraction of sp³-hybridized carbons (Fsp3) is 0.400. The fourth-order valence-electron chi connectivity index (χ4n) is 2.36. The van der Waals surface area contributed by atoms with Crippen LogP contribution in [0, 0.1) is 0 Å². The van der Waals surface area contributed by atoms with Crippen LogP contribution in [-0.2, 0) is 14.4 Å². The number of carbonyl (C=O) groups excluding carboxylic acids is 3. The van der Waals surface area contributed by atoms with Gasteiger partial charge in [0.1, 0.15) is 6.04 Å². The molecule has 3 amide bonds. The van der Waals surface area contributed by atoms with Gasteiger partial charge in [-0.3, -0.25) is 19.3 Å². The lowest BCUT2D eigenvalue weighted by atomic mass is 10.0. The van der Waals surface area contributed by atoms with Gasteiger partial charge < -0.3 is 10.4 Å². The van der Waals surface area contributed by atoms with Crippen molar-refractivity contribution in [2.24, 2.45) is 0 Å². The van der Waals surface area contributed by atoms with Crippen molar-refractivity contribution in [1.29, 1.82) is 0 Å². The molecule has 0 aliphatic carbocycles. The molecule has 1 heterocycles. The number of likely N-dealkylation sites (tertiary alicyclic amines) is 1. The summed E-state index contributed by atoms with van der Waals surface area (Å²) in [6, 6.07) is 8.14. The maximum atomic E-state index is 12.2. The summed E-state index contributed by atoms with van der Waals surface area (Å²) in [5, 5.41) is 12.7. The van der Waals surface area contributed by atoms with E-state index in [1.54, 1.807) is 24.3 Å². The zero-order valence-electron chi connectivity index (χ0n) is 11.8. The summed E-state index contributed by atoms with van der Waals surface area (Å²) < 4.78 is 0. The van der Waals surface area contributed by atoms with Crippen LogP contribution in [0.3, 0.4) is 0 Å². The third-order valence-corrected chi connectivity index (χ3v) is 3.43. The number of nitrogens with one attached hydrogen (secondary N) is 1. The Balaban J connectivity index is 2.08. The third-order valence-electron chi connectivity index (χ3n) is 3.43. The van der Waals surface area contributed by atoms with Gasteiger partial charge in [-0.25, -0.2) is 0 Å². The molecule has 2 atom stereocenters. The number of nitrogens with zero attached hydrogens (tertiary/aromatic N) is 1. The molecule has 0 radical (unpaired) electrons. The van der Waals surface area contributed by atoms with Gasteiger partial charge in [-0.1, -0.05) is 30.3 Å². The van der Waals surface area contributed by atoms with E-state index >= 15 is 0 Å². The molecular formula is C15H18N2O4. The van der Waals surface area contributed by atoms with E-state index in [9.17, 15) is 19.5 Å². The monoisotopic (exact) mass is 290 g/mol. The van der Waals surface area contributed by atoms with Crippen molar-refractivity contribution in [3.05, 3.63) is 35.9 Å². The number of hydrogen-bond donors (Lipinski definition) is 2. The number of rotatable bonds is 4. The number of piperidine rings is 1. The van der Waals surface area contributed by atoms with Gasteiger partial charge in [0.2, 0.25) is 11.8 Å². The maximum Gasteiger partial charge on any atom is 0.251 e. The van der Waals surface area contributed by atoms with Crippen LogP contribution in [0.2, 0.25) is 0 Å². The van der Waals surface area contributed by atoms with E-state index in [1.807, 2.05) is 6.07 Å². The number of carbonyl (C=O) groups is 3. The Morgan fingerprint density at radius 2 is 2.05 bits per heavy atom. The summed E-state index contributed by atoms with van der Waals surface area (Å²) in [5.41, 5.74) is 0.639. The van der Waals surface area contributed by atoms with Crippen LogP contribution in [0.4, 0.5) is 0 Å². The minimum Gasteiger partial charge on any atom is -0.387 e. The summed E-state index contributed by atoms with van der Waals surface area (Å²) in [7, 11) is 0. The molecular weight excluding hydrogens is 272 g/mol. The molecule has 1 aliphatic rings. The van der Waals surface area contributed by atoms with Crippen molar-refractivity contribution in [2.45, 2.75) is 31.9 Å². The van der Waals surface area contributed by atoms with Crippen LogP contribution in [0.1, 0.15) is 31.4 Å². The zero-order chi connectivity index (χ0) is 15.4. The van der Waals surface area contributed by atoms with E-state index in [-0.39, 0.29) is 24.8 Å². The second-order valence-electron chi connectivity index (χ2n) is 5.06. The third kappa shape index (κ3) is 3.66. The maximum absolute atomic E-state index is 12.2. The highest BCUT2D eigenvalue weighted by Gasteiger charge is 2.35. The molecule has 21 heavy (non-hydrogen) atoms. The van der Waals surface area contributed by atoms with Gasteiger partial charge in [0.25, 0.3) is 5.91 Å². The first-order chi connectivity index (χ1) is 9.99. The largest absolute Gasteiger partial charge is 0.387 e. The summed E-state index contributed by atoms with van der Waals surface area (Å²) in [4.78, 5) is 36.2. The van der Waals surface area contributed by atoms with Gasteiger partial charge in [0, 0.05) is 13.3 Å². The summed E-state index contributed by atoms with van der Waals surface area (Å²) in [5.74, 6) is -1.10. The highest BCUT2D eigenvalue weighted by Crippen LogP contribution is 2.19. The van der Waals surface area contributed by atoms with Gasteiger partial charge >= 0.3 is 0 Å². The first-order valence-corrected chi connectivity index (χ1v) is 6.83. The molecule has 112 valence electrons. The highest BCUT2D eigenvalue weighted by atomic mass is 16.3. The quantitative estimate of drug-likeness (QED) is 0.785. The lowest BCUT2D eigenvalue weighted by molar-refractivity contribution is -0.152. The van der Waals surface area contributed by atoms with E-state index < -0.39 is 18.1 Å². The zero-order valence-corrected chi connectivity index (χ0v) is 11.8. The molecule has 6 nitrogen and oxygen atoms in total. The molecule has 1 aromatic carbocycles. The number of β-amino-alcohol motifs (C(OH)–C–C–N with tert-alkyl or cyclic N) is 1. The molecule has 0 unspecified atom stereocenters. The smallest absolute Gasteiger partial charge is 0.251 e. The first-order valence-electron chi connectivity index (χ1n) is 6.83. The van der Waals surface area contributed by atoms with E-state index in [1.165, 1.54) is 6.92 Å². The van der Waals surface area contributed by atoms with Crippen LogP contribution in [0.15, 0.2) is 30.3 Å². The van der Waals surface area contributed by atoms with E-state index in [2.05, 4.69) is 5.32 Å². The molecule has 0 spiro atoms. The van der Waals surface area contributed by atoms with Crippen LogP contribution < -0.4 is 5.32 Å². The lowest BCUT2D eigenvalue weighted by Crippen LogP contribution is -2.55.